The van der Waals surface area contributed by atoms with E-state index in [0.717, 1.165) is 29.7 Å². The van der Waals surface area contributed by atoms with Gasteiger partial charge in [0.2, 0.25) is 11.6 Å². The smallest absolute Gasteiger partial charge is 0.269 e. The molecular weight excluding hydrogens is 448 g/mol. The van der Waals surface area contributed by atoms with Crippen LogP contribution in [0.25, 0.3) is 21.8 Å². The van der Waals surface area contributed by atoms with Crippen molar-refractivity contribution in [2.24, 2.45) is 11.7 Å². The van der Waals surface area contributed by atoms with Gasteiger partial charge in [-0.15, -0.1) is 0 Å². The molecule has 0 aliphatic carbocycles. The molecular formula is C25H24N6O4. The number of anilines is 1. The number of nitrogens with zero attached hydrogens (tertiary/aromatic N) is 4. The molecule has 10 nitrogen and oxygen atoms in total. The lowest BCUT2D eigenvalue weighted by Gasteiger charge is -2.22. The first-order chi connectivity index (χ1) is 17.0. The van der Waals surface area contributed by atoms with E-state index in [2.05, 4.69) is 24.8 Å². The number of ketones is 2. The molecule has 4 aromatic rings. The third kappa shape index (κ3) is 3.96. The number of fused-ring (bicyclic) bond motifs is 2. The second kappa shape index (κ2) is 9.13. The van der Waals surface area contributed by atoms with Crippen molar-refractivity contribution in [1.29, 1.82) is 0 Å². The number of benzene rings is 1. The van der Waals surface area contributed by atoms with Crippen molar-refractivity contribution < 1.29 is 19.1 Å². The molecule has 1 amide bonds. The number of hydrogen-bond donors (Lipinski definition) is 2. The van der Waals surface area contributed by atoms with Crippen LogP contribution in [0.2, 0.25) is 0 Å². The van der Waals surface area contributed by atoms with Crippen LogP contribution in [0.4, 0.5) is 5.82 Å². The molecule has 1 saturated heterocycles. The average molecular weight is 473 g/mol. The van der Waals surface area contributed by atoms with Crippen LogP contribution in [0.5, 0.6) is 5.75 Å². The van der Waals surface area contributed by atoms with Gasteiger partial charge in [-0.25, -0.2) is 15.0 Å². The number of primary amides is 1. The van der Waals surface area contributed by atoms with Crippen LogP contribution in [-0.4, -0.2) is 57.6 Å². The zero-order valence-electron chi connectivity index (χ0n) is 19.2. The molecule has 1 unspecified atom stereocenters. The van der Waals surface area contributed by atoms with Crippen molar-refractivity contribution in [3.05, 3.63) is 54.2 Å². The number of ether oxygens (including phenoxy) is 1. The van der Waals surface area contributed by atoms with Gasteiger partial charge in [-0.2, -0.15) is 0 Å². The Bertz CT molecular complexity index is 1460. The average Bonchev–Trinajstić information content (AvgIpc) is 3.18. The molecule has 0 spiro atoms. The number of methoxy groups -OCH3 is 1. The minimum absolute atomic E-state index is 0.0190. The van der Waals surface area contributed by atoms with Crippen LogP contribution >= 0.6 is 0 Å². The highest BCUT2D eigenvalue weighted by atomic mass is 16.5. The summed E-state index contributed by atoms with van der Waals surface area (Å²) in [5.41, 5.74) is 6.68. The maximum absolute atomic E-state index is 13.3. The number of aromatic amines is 1. The summed E-state index contributed by atoms with van der Waals surface area (Å²) in [7, 11) is 1.43. The molecule has 1 atom stereocenters. The summed E-state index contributed by atoms with van der Waals surface area (Å²) in [6.45, 7) is 1.32. The lowest BCUT2D eigenvalue weighted by molar-refractivity contribution is -0.118. The van der Waals surface area contributed by atoms with Crippen LogP contribution in [0.3, 0.4) is 0 Å². The molecule has 3 N–H and O–H groups in total. The maximum Gasteiger partial charge on any atom is 0.269 e. The Morgan fingerprint density at radius 1 is 1.11 bits per heavy atom. The molecule has 0 bridgehead atoms. The van der Waals surface area contributed by atoms with Crippen LogP contribution in [-0.2, 0) is 4.79 Å². The van der Waals surface area contributed by atoms with Crippen molar-refractivity contribution in [3.63, 3.8) is 0 Å². The van der Waals surface area contributed by atoms with E-state index in [-0.39, 0.29) is 22.5 Å². The number of Topliss-reactive ketones (excluding diaryl/α,β-unsaturated/α-hetero) is 2. The number of rotatable bonds is 6. The third-order valence-corrected chi connectivity index (χ3v) is 6.52. The third-order valence-electron chi connectivity index (χ3n) is 6.52. The summed E-state index contributed by atoms with van der Waals surface area (Å²) in [6, 6.07) is 7.82. The number of aromatic nitrogens is 4. The molecule has 1 aliphatic rings. The Balaban J connectivity index is 1.40. The van der Waals surface area contributed by atoms with Crippen LogP contribution < -0.4 is 15.4 Å². The normalized spacial score (nSPS) is 16.3. The van der Waals surface area contributed by atoms with Gasteiger partial charge in [0.05, 0.1) is 35.3 Å². The number of carbonyl (C=O) groups is 3. The molecule has 0 saturated carbocycles. The second-order valence-corrected chi connectivity index (χ2v) is 8.51. The van der Waals surface area contributed by atoms with E-state index in [9.17, 15) is 14.4 Å². The molecule has 10 heteroatoms. The largest absolute Gasteiger partial charge is 0.494 e. The standard InChI is InChI=1S/C25H24N6O4/c1-35-18-12-28-21(24(26)34)20-19(18)16(11-27-20)23(33)22(32)14-5-4-9-31(10-8-14)25-15-6-2-3-7-17(15)29-13-30-25/h2-3,6-7,11-14,27H,4-5,8-10H2,1H3,(H2,26,34). The summed E-state index contributed by atoms with van der Waals surface area (Å²) < 4.78 is 5.34. The van der Waals surface area contributed by atoms with Gasteiger partial charge in [-0.3, -0.25) is 14.4 Å². The van der Waals surface area contributed by atoms with E-state index in [4.69, 9.17) is 10.5 Å². The molecule has 1 aliphatic heterocycles. The van der Waals surface area contributed by atoms with E-state index in [1.54, 1.807) is 6.33 Å². The number of amides is 1. The van der Waals surface area contributed by atoms with Crippen molar-refractivity contribution in [2.45, 2.75) is 19.3 Å². The topological polar surface area (TPSA) is 144 Å². The van der Waals surface area contributed by atoms with Gasteiger partial charge in [0.25, 0.3) is 5.91 Å². The number of nitrogens with one attached hydrogen (secondary N) is 1. The van der Waals surface area contributed by atoms with E-state index in [1.165, 1.54) is 19.5 Å². The fourth-order valence-electron chi connectivity index (χ4n) is 4.77. The zero-order chi connectivity index (χ0) is 24.5. The number of hydrogen-bond acceptors (Lipinski definition) is 8. The molecule has 178 valence electrons. The number of para-hydroxylation sites is 1. The molecule has 35 heavy (non-hydrogen) atoms. The maximum atomic E-state index is 13.3. The van der Waals surface area contributed by atoms with E-state index < -0.39 is 23.4 Å². The SMILES string of the molecule is COc1cnc(C(N)=O)c2[nH]cc(C(=O)C(=O)C3CCCN(c4ncnc5ccccc45)CC3)c12. The van der Waals surface area contributed by atoms with Crippen molar-refractivity contribution in [1.82, 2.24) is 19.9 Å². The van der Waals surface area contributed by atoms with Gasteiger partial charge in [0.15, 0.2) is 5.69 Å². The molecule has 3 aromatic heterocycles. The Morgan fingerprint density at radius 2 is 1.94 bits per heavy atom. The van der Waals surface area contributed by atoms with Gasteiger partial charge >= 0.3 is 0 Å². The van der Waals surface area contributed by atoms with E-state index in [1.807, 2.05) is 24.3 Å². The summed E-state index contributed by atoms with van der Waals surface area (Å²) in [5, 5.41) is 1.29. The highest BCUT2D eigenvalue weighted by molar-refractivity contribution is 6.46. The second-order valence-electron chi connectivity index (χ2n) is 8.51. The summed E-state index contributed by atoms with van der Waals surface area (Å²) in [6.07, 6.45) is 6.15. The number of carbonyl (C=O) groups excluding carboxylic acids is 3. The molecule has 1 aromatic carbocycles. The van der Waals surface area contributed by atoms with Gasteiger partial charge < -0.3 is 20.4 Å². The number of H-pyrrole nitrogens is 1. The van der Waals surface area contributed by atoms with Crippen molar-refractivity contribution in [2.75, 3.05) is 25.1 Å². The number of pyridine rings is 1. The summed E-state index contributed by atoms with van der Waals surface area (Å²) in [4.78, 5) is 56.3. The lowest BCUT2D eigenvalue weighted by atomic mass is 9.90. The first-order valence-corrected chi connectivity index (χ1v) is 11.4. The summed E-state index contributed by atoms with van der Waals surface area (Å²) >= 11 is 0. The minimum atomic E-state index is -0.745. The zero-order valence-corrected chi connectivity index (χ0v) is 19.2. The Labute approximate surface area is 200 Å². The predicted molar refractivity (Wildman–Crippen MR) is 130 cm³/mol. The Kier molecular flexibility index (Phi) is 5.86. The van der Waals surface area contributed by atoms with Crippen LogP contribution in [0, 0.1) is 5.92 Å². The summed E-state index contributed by atoms with van der Waals surface area (Å²) in [5.74, 6) is -1.13. The van der Waals surface area contributed by atoms with Crippen molar-refractivity contribution in [3.8, 4) is 5.75 Å². The molecule has 4 heterocycles. The van der Waals surface area contributed by atoms with Gasteiger partial charge in [-0.05, 0) is 31.4 Å². The highest BCUT2D eigenvalue weighted by Crippen LogP contribution is 2.32. The van der Waals surface area contributed by atoms with Crippen LogP contribution in [0.1, 0.15) is 40.1 Å². The Hall–Kier alpha value is -4.34. The first kappa shape index (κ1) is 22.5. The molecule has 1 fully saturated rings. The van der Waals surface area contributed by atoms with Crippen molar-refractivity contribution >= 4 is 45.1 Å². The predicted octanol–water partition coefficient (Wildman–Crippen LogP) is 2.67. The fourth-order valence-corrected chi connectivity index (χ4v) is 4.77. The lowest BCUT2D eigenvalue weighted by Crippen LogP contribution is -2.28. The van der Waals surface area contributed by atoms with E-state index >= 15 is 0 Å². The van der Waals surface area contributed by atoms with Gasteiger partial charge in [0.1, 0.15) is 17.9 Å². The quantitative estimate of drug-likeness (QED) is 0.322. The molecule has 0 radical (unpaired) electrons. The van der Waals surface area contributed by atoms with Crippen LogP contribution in [0.15, 0.2) is 43.0 Å². The van der Waals surface area contributed by atoms with Gasteiger partial charge in [-0.1, -0.05) is 12.1 Å². The monoisotopic (exact) mass is 472 g/mol. The number of nitrogens with two attached hydrogens (primary N) is 1. The highest BCUT2D eigenvalue weighted by Gasteiger charge is 2.32. The fraction of sp³-hybridized carbons (Fsp3) is 0.280. The Morgan fingerprint density at radius 3 is 2.74 bits per heavy atom. The first-order valence-electron chi connectivity index (χ1n) is 11.4. The van der Waals surface area contributed by atoms with E-state index in [0.29, 0.717) is 24.8 Å². The van der Waals surface area contributed by atoms with Gasteiger partial charge in [0, 0.05) is 30.6 Å². The minimum Gasteiger partial charge on any atom is -0.494 e. The molecule has 5 rings (SSSR count).